The van der Waals surface area contributed by atoms with Crippen molar-refractivity contribution in [2.24, 2.45) is 0 Å². The molecule has 3 aromatic rings. The second-order valence-electron chi connectivity index (χ2n) is 5.71. The van der Waals surface area contributed by atoms with E-state index in [1.807, 2.05) is 66.7 Å². The van der Waals surface area contributed by atoms with Gasteiger partial charge < -0.3 is 19.5 Å². The Morgan fingerprint density at radius 1 is 0.692 bits per heavy atom. The fourth-order valence-electron chi connectivity index (χ4n) is 2.53. The molecule has 134 valence electrons. The predicted octanol–water partition coefficient (Wildman–Crippen LogP) is 4.77. The van der Waals surface area contributed by atoms with Gasteiger partial charge in [-0.2, -0.15) is 0 Å². The van der Waals surface area contributed by atoms with Crippen LogP contribution in [-0.4, -0.2) is 20.3 Å². The van der Waals surface area contributed by atoms with Crippen molar-refractivity contribution < 1.29 is 14.2 Å². The zero-order valence-corrected chi connectivity index (χ0v) is 14.9. The summed E-state index contributed by atoms with van der Waals surface area (Å²) in [6.45, 7) is 1.74. The van der Waals surface area contributed by atoms with Gasteiger partial charge in [0, 0.05) is 6.54 Å². The summed E-state index contributed by atoms with van der Waals surface area (Å²) in [6, 6.07) is 25.7. The molecule has 0 aromatic heterocycles. The minimum absolute atomic E-state index is 0.508. The second kappa shape index (κ2) is 9.37. The number of para-hydroxylation sites is 3. The van der Waals surface area contributed by atoms with Crippen LogP contribution in [0.4, 0.5) is 5.69 Å². The lowest BCUT2D eigenvalue weighted by Crippen LogP contribution is -2.09. The number of hydrogen-bond acceptors (Lipinski definition) is 4. The van der Waals surface area contributed by atoms with Crippen LogP contribution >= 0.6 is 0 Å². The molecule has 1 N–H and O–H groups in total. The van der Waals surface area contributed by atoms with Crippen LogP contribution in [0.15, 0.2) is 78.9 Å². The van der Waals surface area contributed by atoms with E-state index in [2.05, 4.69) is 17.4 Å². The third-order valence-corrected chi connectivity index (χ3v) is 3.88. The molecule has 0 aliphatic rings. The minimum atomic E-state index is 0.508. The highest BCUT2D eigenvalue weighted by atomic mass is 16.5. The molecule has 0 heterocycles. The first-order valence-corrected chi connectivity index (χ1v) is 8.61. The van der Waals surface area contributed by atoms with E-state index in [1.165, 1.54) is 5.56 Å². The van der Waals surface area contributed by atoms with E-state index in [9.17, 15) is 0 Å². The van der Waals surface area contributed by atoms with E-state index in [0.29, 0.717) is 13.2 Å². The standard InChI is InChI=1S/C22H23NO3/c1-24-22-10-6-5-9-21(22)23-17-18-11-13-20(14-12-18)26-16-15-25-19-7-3-2-4-8-19/h2-14,23H,15-17H2,1H3. The number of ether oxygens (including phenoxy) is 3. The highest BCUT2D eigenvalue weighted by Gasteiger charge is 2.01. The predicted molar refractivity (Wildman–Crippen MR) is 104 cm³/mol. The first kappa shape index (κ1) is 17.7. The highest BCUT2D eigenvalue weighted by molar-refractivity contribution is 5.56. The number of anilines is 1. The Labute approximate surface area is 154 Å². The lowest BCUT2D eigenvalue weighted by Gasteiger charge is -2.12. The van der Waals surface area contributed by atoms with Crippen LogP contribution in [0, 0.1) is 0 Å². The molecule has 3 rings (SSSR count). The van der Waals surface area contributed by atoms with Crippen LogP contribution < -0.4 is 19.5 Å². The number of methoxy groups -OCH3 is 1. The van der Waals surface area contributed by atoms with Crippen molar-refractivity contribution in [3.63, 3.8) is 0 Å². The summed E-state index contributed by atoms with van der Waals surface area (Å²) in [5, 5.41) is 3.38. The van der Waals surface area contributed by atoms with Gasteiger partial charge in [0.1, 0.15) is 30.5 Å². The van der Waals surface area contributed by atoms with Crippen molar-refractivity contribution in [3.8, 4) is 17.2 Å². The molecular formula is C22H23NO3. The third kappa shape index (κ3) is 5.18. The zero-order valence-electron chi connectivity index (χ0n) is 14.9. The Bertz CT molecular complexity index is 788. The van der Waals surface area contributed by atoms with Gasteiger partial charge in [-0.3, -0.25) is 0 Å². The summed E-state index contributed by atoms with van der Waals surface area (Å²) >= 11 is 0. The quantitative estimate of drug-likeness (QED) is 0.565. The van der Waals surface area contributed by atoms with Crippen molar-refractivity contribution >= 4 is 5.69 Å². The molecule has 0 fully saturated rings. The maximum absolute atomic E-state index is 5.72. The molecule has 4 heteroatoms. The molecule has 3 aromatic carbocycles. The van der Waals surface area contributed by atoms with Crippen molar-refractivity contribution in [1.82, 2.24) is 0 Å². The molecule has 0 aliphatic heterocycles. The van der Waals surface area contributed by atoms with Crippen LogP contribution in [0.3, 0.4) is 0 Å². The van der Waals surface area contributed by atoms with E-state index < -0.39 is 0 Å². The average molecular weight is 349 g/mol. The first-order valence-electron chi connectivity index (χ1n) is 8.61. The first-order chi connectivity index (χ1) is 12.8. The lowest BCUT2D eigenvalue weighted by atomic mass is 10.2. The molecular weight excluding hydrogens is 326 g/mol. The molecule has 0 bridgehead atoms. The molecule has 4 nitrogen and oxygen atoms in total. The van der Waals surface area contributed by atoms with Gasteiger partial charge >= 0.3 is 0 Å². The normalized spacial score (nSPS) is 10.2. The smallest absolute Gasteiger partial charge is 0.141 e. The Morgan fingerprint density at radius 3 is 2.00 bits per heavy atom. The number of rotatable bonds is 9. The second-order valence-corrected chi connectivity index (χ2v) is 5.71. The van der Waals surface area contributed by atoms with E-state index in [1.54, 1.807) is 7.11 Å². The van der Waals surface area contributed by atoms with E-state index in [-0.39, 0.29) is 0 Å². The molecule has 0 unspecified atom stereocenters. The van der Waals surface area contributed by atoms with Crippen LogP contribution in [-0.2, 0) is 6.54 Å². The van der Waals surface area contributed by atoms with E-state index in [4.69, 9.17) is 14.2 Å². The van der Waals surface area contributed by atoms with Crippen molar-refractivity contribution in [3.05, 3.63) is 84.4 Å². The van der Waals surface area contributed by atoms with Crippen molar-refractivity contribution in [2.45, 2.75) is 6.54 Å². The zero-order chi connectivity index (χ0) is 18.0. The molecule has 0 saturated carbocycles. The van der Waals surface area contributed by atoms with Gasteiger partial charge in [-0.25, -0.2) is 0 Å². The van der Waals surface area contributed by atoms with Crippen molar-refractivity contribution in [2.75, 3.05) is 25.6 Å². The summed E-state index contributed by atoms with van der Waals surface area (Å²) in [5.74, 6) is 2.53. The maximum atomic E-state index is 5.72. The maximum Gasteiger partial charge on any atom is 0.141 e. The fraction of sp³-hybridized carbons (Fsp3) is 0.182. The summed E-state index contributed by atoms with van der Waals surface area (Å²) < 4.78 is 16.7. The van der Waals surface area contributed by atoms with Gasteiger partial charge in [-0.15, -0.1) is 0 Å². The van der Waals surface area contributed by atoms with Gasteiger partial charge in [0.15, 0.2) is 0 Å². The van der Waals surface area contributed by atoms with Gasteiger partial charge in [-0.05, 0) is 42.0 Å². The molecule has 0 spiro atoms. The molecule has 0 atom stereocenters. The van der Waals surface area contributed by atoms with E-state index >= 15 is 0 Å². The van der Waals surface area contributed by atoms with Crippen molar-refractivity contribution in [1.29, 1.82) is 0 Å². The van der Waals surface area contributed by atoms with Gasteiger partial charge in [0.2, 0.25) is 0 Å². The molecule has 0 saturated heterocycles. The minimum Gasteiger partial charge on any atom is -0.495 e. The van der Waals surface area contributed by atoms with Gasteiger partial charge in [0.05, 0.1) is 12.8 Å². The summed E-state index contributed by atoms with van der Waals surface area (Å²) in [4.78, 5) is 0. The van der Waals surface area contributed by atoms with Crippen LogP contribution in [0.2, 0.25) is 0 Å². The Kier molecular flexibility index (Phi) is 6.37. The molecule has 0 amide bonds. The fourth-order valence-corrected chi connectivity index (χ4v) is 2.53. The monoisotopic (exact) mass is 349 g/mol. The highest BCUT2D eigenvalue weighted by Crippen LogP contribution is 2.24. The molecule has 0 radical (unpaired) electrons. The molecule has 26 heavy (non-hydrogen) atoms. The lowest BCUT2D eigenvalue weighted by molar-refractivity contribution is 0.217. The van der Waals surface area contributed by atoms with E-state index in [0.717, 1.165) is 29.5 Å². The Balaban J connectivity index is 1.43. The summed E-state index contributed by atoms with van der Waals surface area (Å²) in [6.07, 6.45) is 0. The van der Waals surface area contributed by atoms with Crippen LogP contribution in [0.5, 0.6) is 17.2 Å². The van der Waals surface area contributed by atoms with Crippen LogP contribution in [0.25, 0.3) is 0 Å². The Morgan fingerprint density at radius 2 is 1.31 bits per heavy atom. The number of hydrogen-bond donors (Lipinski definition) is 1. The largest absolute Gasteiger partial charge is 0.495 e. The molecule has 0 aliphatic carbocycles. The average Bonchev–Trinajstić information content (AvgIpc) is 2.71. The number of benzene rings is 3. The topological polar surface area (TPSA) is 39.7 Å². The van der Waals surface area contributed by atoms with Gasteiger partial charge in [-0.1, -0.05) is 42.5 Å². The van der Waals surface area contributed by atoms with Crippen LogP contribution in [0.1, 0.15) is 5.56 Å². The SMILES string of the molecule is COc1ccccc1NCc1ccc(OCCOc2ccccc2)cc1. The third-order valence-electron chi connectivity index (χ3n) is 3.88. The Hall–Kier alpha value is -3.14. The summed E-state index contributed by atoms with van der Waals surface area (Å²) in [7, 11) is 1.67. The number of nitrogens with one attached hydrogen (secondary N) is 1. The summed E-state index contributed by atoms with van der Waals surface area (Å²) in [5.41, 5.74) is 2.15. The van der Waals surface area contributed by atoms with Gasteiger partial charge in [0.25, 0.3) is 0 Å².